The molecule has 2 aromatic heterocycles. The molecule has 10 nitrogen and oxygen atoms in total. The monoisotopic (exact) mass is 469 g/mol. The Kier molecular flexibility index (Phi) is 5.63. The number of benzene rings is 3. The molecular weight excluding hydrogens is 453 g/mol. The van der Waals surface area contributed by atoms with Crippen molar-refractivity contribution in [1.82, 2.24) is 25.0 Å². The zero-order chi connectivity index (χ0) is 24.4. The fraction of sp³-hybridized carbons (Fsp3) is 0.0417. The standard InChI is InChI=1S/C24H16FN7O3/c25-19-12-5-4-9-17(19)14-31-23-20(29-30-31)22(26-21(27-23)15-7-2-1-3-8-15)28-24(33)16-10-6-11-18(13-16)32(34)35/h1-13H,14H2,(H,26,27,28,33). The van der Waals surface area contributed by atoms with Crippen LogP contribution in [0.4, 0.5) is 15.9 Å². The van der Waals surface area contributed by atoms with E-state index in [1.165, 1.54) is 35.0 Å². The lowest BCUT2D eigenvalue weighted by Crippen LogP contribution is -2.14. The largest absolute Gasteiger partial charge is 0.304 e. The molecule has 0 spiro atoms. The number of amides is 1. The van der Waals surface area contributed by atoms with Gasteiger partial charge in [-0.3, -0.25) is 14.9 Å². The highest BCUT2D eigenvalue weighted by Crippen LogP contribution is 2.25. The summed E-state index contributed by atoms with van der Waals surface area (Å²) in [5, 5.41) is 22.0. The van der Waals surface area contributed by atoms with Gasteiger partial charge in [0.2, 0.25) is 0 Å². The third-order valence-electron chi connectivity index (χ3n) is 5.22. The smallest absolute Gasteiger partial charge is 0.270 e. The number of halogens is 1. The average molecular weight is 469 g/mol. The van der Waals surface area contributed by atoms with E-state index in [1.807, 2.05) is 18.2 Å². The molecule has 0 aliphatic heterocycles. The molecule has 0 radical (unpaired) electrons. The van der Waals surface area contributed by atoms with E-state index in [-0.39, 0.29) is 34.8 Å². The highest BCUT2D eigenvalue weighted by molar-refractivity contribution is 6.07. The first-order valence-electron chi connectivity index (χ1n) is 10.5. The van der Waals surface area contributed by atoms with E-state index < -0.39 is 16.6 Å². The normalized spacial score (nSPS) is 10.9. The van der Waals surface area contributed by atoms with Crippen LogP contribution in [-0.2, 0) is 6.54 Å². The molecule has 0 bridgehead atoms. The van der Waals surface area contributed by atoms with Gasteiger partial charge in [-0.05, 0) is 12.1 Å². The van der Waals surface area contributed by atoms with Crippen molar-refractivity contribution < 1.29 is 14.1 Å². The Morgan fingerprint density at radius 3 is 2.54 bits per heavy atom. The van der Waals surface area contributed by atoms with Crippen molar-refractivity contribution in [1.29, 1.82) is 0 Å². The molecule has 0 aliphatic rings. The Hall–Kier alpha value is -5.06. The van der Waals surface area contributed by atoms with E-state index in [4.69, 9.17) is 0 Å². The van der Waals surface area contributed by atoms with Crippen molar-refractivity contribution in [2.75, 3.05) is 5.32 Å². The molecule has 0 fully saturated rings. The maximum Gasteiger partial charge on any atom is 0.270 e. The first kappa shape index (κ1) is 21.8. The van der Waals surface area contributed by atoms with Crippen molar-refractivity contribution in [3.63, 3.8) is 0 Å². The van der Waals surface area contributed by atoms with E-state index >= 15 is 0 Å². The van der Waals surface area contributed by atoms with E-state index in [0.29, 0.717) is 17.0 Å². The number of hydrogen-bond acceptors (Lipinski definition) is 7. The quantitative estimate of drug-likeness (QED) is 0.291. The Balaban J connectivity index is 1.59. The highest BCUT2D eigenvalue weighted by Gasteiger charge is 2.20. The van der Waals surface area contributed by atoms with Gasteiger partial charge in [0, 0.05) is 28.8 Å². The third-order valence-corrected chi connectivity index (χ3v) is 5.22. The van der Waals surface area contributed by atoms with Gasteiger partial charge in [-0.25, -0.2) is 19.0 Å². The van der Waals surface area contributed by atoms with Crippen LogP contribution in [-0.4, -0.2) is 35.8 Å². The lowest BCUT2D eigenvalue weighted by molar-refractivity contribution is -0.384. The Labute approximate surface area is 197 Å². The molecule has 1 amide bonds. The summed E-state index contributed by atoms with van der Waals surface area (Å²) < 4.78 is 15.7. The number of nitrogens with zero attached hydrogens (tertiary/aromatic N) is 6. The summed E-state index contributed by atoms with van der Waals surface area (Å²) >= 11 is 0. The number of nitrogens with one attached hydrogen (secondary N) is 1. The van der Waals surface area contributed by atoms with Gasteiger partial charge in [-0.2, -0.15) is 0 Å². The van der Waals surface area contributed by atoms with Crippen LogP contribution in [0, 0.1) is 15.9 Å². The van der Waals surface area contributed by atoms with Crippen molar-refractivity contribution in [3.05, 3.63) is 106 Å². The number of fused-ring (bicyclic) bond motifs is 1. The molecule has 0 atom stereocenters. The van der Waals surface area contributed by atoms with Crippen LogP contribution in [0.25, 0.3) is 22.6 Å². The molecule has 5 aromatic rings. The molecule has 0 unspecified atom stereocenters. The molecule has 2 heterocycles. The maximum absolute atomic E-state index is 14.3. The molecule has 0 saturated carbocycles. The Morgan fingerprint density at radius 2 is 1.77 bits per heavy atom. The number of non-ortho nitro benzene ring substituents is 1. The Morgan fingerprint density at radius 1 is 1.00 bits per heavy atom. The summed E-state index contributed by atoms with van der Waals surface area (Å²) in [5.41, 5.74) is 1.41. The zero-order valence-corrected chi connectivity index (χ0v) is 18.0. The first-order chi connectivity index (χ1) is 17.0. The molecule has 35 heavy (non-hydrogen) atoms. The molecule has 1 N–H and O–H groups in total. The molecule has 11 heteroatoms. The van der Waals surface area contributed by atoms with Crippen LogP contribution in [0.1, 0.15) is 15.9 Å². The summed E-state index contributed by atoms with van der Waals surface area (Å²) in [6, 6.07) is 20.7. The second kappa shape index (κ2) is 9.06. The van der Waals surface area contributed by atoms with Crippen LogP contribution in [0.2, 0.25) is 0 Å². The van der Waals surface area contributed by atoms with E-state index in [1.54, 1.807) is 30.3 Å². The molecular formula is C24H16FN7O3. The fourth-order valence-electron chi connectivity index (χ4n) is 3.49. The van der Waals surface area contributed by atoms with Gasteiger partial charge in [0.05, 0.1) is 11.5 Å². The van der Waals surface area contributed by atoms with Crippen LogP contribution >= 0.6 is 0 Å². The first-order valence-corrected chi connectivity index (χ1v) is 10.5. The minimum Gasteiger partial charge on any atom is -0.304 e. The molecule has 0 aliphatic carbocycles. The minimum atomic E-state index is -0.614. The number of hydrogen-bond donors (Lipinski definition) is 1. The van der Waals surface area contributed by atoms with Gasteiger partial charge in [-0.15, -0.1) is 5.10 Å². The third kappa shape index (κ3) is 4.42. The number of rotatable bonds is 6. The van der Waals surface area contributed by atoms with Gasteiger partial charge < -0.3 is 5.32 Å². The minimum absolute atomic E-state index is 0.0622. The van der Waals surface area contributed by atoms with Crippen molar-refractivity contribution in [2.45, 2.75) is 6.54 Å². The van der Waals surface area contributed by atoms with Gasteiger partial charge in [0.25, 0.3) is 11.6 Å². The summed E-state index contributed by atoms with van der Waals surface area (Å²) in [7, 11) is 0. The maximum atomic E-state index is 14.3. The van der Waals surface area contributed by atoms with Gasteiger partial charge >= 0.3 is 0 Å². The number of nitro benzene ring substituents is 1. The topological polar surface area (TPSA) is 129 Å². The van der Waals surface area contributed by atoms with E-state index in [9.17, 15) is 19.3 Å². The average Bonchev–Trinajstić information content (AvgIpc) is 3.29. The lowest BCUT2D eigenvalue weighted by atomic mass is 10.2. The second-order valence-corrected chi connectivity index (χ2v) is 7.53. The van der Waals surface area contributed by atoms with Crippen molar-refractivity contribution in [2.24, 2.45) is 0 Å². The number of carbonyl (C=O) groups is 1. The van der Waals surface area contributed by atoms with Gasteiger partial charge in [0.1, 0.15) is 5.82 Å². The van der Waals surface area contributed by atoms with Gasteiger partial charge in [-0.1, -0.05) is 59.8 Å². The van der Waals surface area contributed by atoms with Crippen molar-refractivity contribution in [3.8, 4) is 11.4 Å². The number of aromatic nitrogens is 5. The van der Waals surface area contributed by atoms with Crippen molar-refractivity contribution >= 4 is 28.6 Å². The predicted molar refractivity (Wildman–Crippen MR) is 125 cm³/mol. The summed E-state index contributed by atoms with van der Waals surface area (Å²) in [4.78, 5) is 32.5. The van der Waals surface area contributed by atoms with E-state index in [2.05, 4.69) is 25.6 Å². The number of carbonyl (C=O) groups excluding carboxylic acids is 1. The van der Waals surface area contributed by atoms with Gasteiger partial charge in [0.15, 0.2) is 22.8 Å². The highest BCUT2D eigenvalue weighted by atomic mass is 19.1. The fourth-order valence-corrected chi connectivity index (χ4v) is 3.49. The van der Waals surface area contributed by atoms with Crippen LogP contribution in [0.15, 0.2) is 78.9 Å². The summed E-state index contributed by atoms with van der Waals surface area (Å²) in [6.07, 6.45) is 0. The van der Waals surface area contributed by atoms with Crippen LogP contribution in [0.5, 0.6) is 0 Å². The molecule has 5 rings (SSSR count). The van der Waals surface area contributed by atoms with Crippen LogP contribution < -0.4 is 5.32 Å². The number of anilines is 1. The summed E-state index contributed by atoms with van der Waals surface area (Å²) in [6.45, 7) is 0.0622. The second-order valence-electron chi connectivity index (χ2n) is 7.53. The molecule has 0 saturated heterocycles. The SMILES string of the molecule is O=C(Nc1nc(-c2ccccc2)nc2c1nnn2Cc1ccccc1F)c1cccc([N+](=O)[O-])c1. The molecule has 3 aromatic carbocycles. The lowest BCUT2D eigenvalue weighted by Gasteiger charge is -2.09. The molecule has 172 valence electrons. The zero-order valence-electron chi connectivity index (χ0n) is 18.0. The Bertz CT molecular complexity index is 1570. The van der Waals surface area contributed by atoms with Crippen LogP contribution in [0.3, 0.4) is 0 Å². The predicted octanol–water partition coefficient (Wildman–Crippen LogP) is 4.24. The summed E-state index contributed by atoms with van der Waals surface area (Å²) in [5.74, 6) is -0.640. The van der Waals surface area contributed by atoms with E-state index in [0.717, 1.165) is 0 Å². The number of nitro groups is 1.